The molecule has 0 aliphatic carbocycles. The van der Waals surface area contributed by atoms with E-state index in [0.29, 0.717) is 34.4 Å². The van der Waals surface area contributed by atoms with Crippen LogP contribution in [0.4, 0.5) is 5.82 Å². The average Bonchev–Trinajstić information content (AvgIpc) is 2.92. The molecule has 2 aromatic rings. The summed E-state index contributed by atoms with van der Waals surface area (Å²) in [6, 6.07) is 13.0. The summed E-state index contributed by atoms with van der Waals surface area (Å²) in [7, 11) is 0. The van der Waals surface area contributed by atoms with Gasteiger partial charge >= 0.3 is 0 Å². The lowest BCUT2D eigenvalue weighted by Gasteiger charge is -2.14. The molecule has 0 unspecified atom stereocenters. The minimum atomic E-state index is -0.135. The second-order valence-corrected chi connectivity index (χ2v) is 8.34. The first-order chi connectivity index (χ1) is 13.0. The fourth-order valence-corrected chi connectivity index (χ4v) is 4.02. The number of carbonyl (C=O) groups is 2. The average molecular weight is 462 g/mol. The predicted molar refractivity (Wildman–Crippen MR) is 116 cm³/mol. The summed E-state index contributed by atoms with van der Waals surface area (Å²) < 4.78 is 1.50. The summed E-state index contributed by atoms with van der Waals surface area (Å²) in [6.45, 7) is 0.415. The number of rotatable bonds is 6. The van der Waals surface area contributed by atoms with Crippen LogP contribution in [0.2, 0.25) is 0 Å². The van der Waals surface area contributed by atoms with E-state index >= 15 is 0 Å². The number of pyridine rings is 1. The highest BCUT2D eigenvalue weighted by molar-refractivity contribution is 9.10. The zero-order valence-electron chi connectivity index (χ0n) is 14.2. The van der Waals surface area contributed by atoms with E-state index in [0.717, 1.165) is 10.0 Å². The van der Waals surface area contributed by atoms with Crippen molar-refractivity contribution in [2.24, 2.45) is 0 Å². The van der Waals surface area contributed by atoms with E-state index in [1.54, 1.807) is 29.3 Å². The van der Waals surface area contributed by atoms with Crippen molar-refractivity contribution in [2.75, 3.05) is 11.9 Å². The van der Waals surface area contributed by atoms with Crippen molar-refractivity contribution in [3.8, 4) is 0 Å². The molecule has 8 heteroatoms. The summed E-state index contributed by atoms with van der Waals surface area (Å²) in [5, 5.41) is 2.73. The number of benzene rings is 1. The Morgan fingerprint density at radius 3 is 2.74 bits per heavy atom. The van der Waals surface area contributed by atoms with Crippen molar-refractivity contribution in [1.29, 1.82) is 0 Å². The number of nitrogens with zero attached hydrogens (tertiary/aromatic N) is 2. The molecular formula is C19H16BrN3O2S2. The molecule has 2 amide bonds. The summed E-state index contributed by atoms with van der Waals surface area (Å²) >= 11 is 10.0. The number of carbonyl (C=O) groups excluding carboxylic acids is 2. The quantitative estimate of drug-likeness (QED) is 0.507. The van der Waals surface area contributed by atoms with E-state index in [2.05, 4.69) is 26.2 Å². The van der Waals surface area contributed by atoms with Crippen LogP contribution in [0.25, 0.3) is 6.08 Å². The minimum absolute atomic E-state index is 0.113. The van der Waals surface area contributed by atoms with Gasteiger partial charge in [0, 0.05) is 23.6 Å². The van der Waals surface area contributed by atoms with Crippen molar-refractivity contribution in [3.63, 3.8) is 0 Å². The molecule has 1 saturated heterocycles. The standard InChI is InChI=1S/C19H16BrN3O2S2/c20-14-8-6-13(7-9-14)12-15-18(25)23(19(26)27-15)11-3-5-17(24)22-16-4-1-2-10-21-16/h1-2,4,6-10,12H,3,5,11H2,(H,21,22,24). The first-order valence-electron chi connectivity index (χ1n) is 8.25. The fourth-order valence-electron chi connectivity index (χ4n) is 2.44. The highest BCUT2D eigenvalue weighted by Crippen LogP contribution is 2.32. The molecule has 5 nitrogen and oxygen atoms in total. The molecule has 0 spiro atoms. The molecule has 1 fully saturated rings. The number of halogens is 1. The van der Waals surface area contributed by atoms with Crippen LogP contribution in [0.15, 0.2) is 58.0 Å². The van der Waals surface area contributed by atoms with Gasteiger partial charge in [-0.3, -0.25) is 14.5 Å². The monoisotopic (exact) mass is 461 g/mol. The number of amides is 2. The number of thioether (sulfide) groups is 1. The highest BCUT2D eigenvalue weighted by Gasteiger charge is 2.31. The maximum Gasteiger partial charge on any atom is 0.266 e. The number of hydrogen-bond donors (Lipinski definition) is 1. The maximum absolute atomic E-state index is 12.6. The van der Waals surface area contributed by atoms with Gasteiger partial charge in [0.1, 0.15) is 10.1 Å². The Bertz CT molecular complexity index is 886. The molecule has 2 heterocycles. The van der Waals surface area contributed by atoms with Crippen LogP contribution < -0.4 is 5.32 Å². The molecule has 0 bridgehead atoms. The molecule has 3 rings (SSSR count). The van der Waals surface area contributed by atoms with Crippen LogP contribution in [0, 0.1) is 0 Å². The third-order valence-corrected chi connectivity index (χ3v) is 5.67. The van der Waals surface area contributed by atoms with Gasteiger partial charge in [-0.25, -0.2) is 4.98 Å². The molecule has 1 aliphatic rings. The van der Waals surface area contributed by atoms with Crippen LogP contribution in [0.3, 0.4) is 0 Å². The minimum Gasteiger partial charge on any atom is -0.311 e. The van der Waals surface area contributed by atoms with Crippen LogP contribution in [0.1, 0.15) is 18.4 Å². The Balaban J connectivity index is 1.53. The summed E-state index contributed by atoms with van der Waals surface area (Å²) in [5.74, 6) is 0.271. The predicted octanol–water partition coefficient (Wildman–Crippen LogP) is 4.46. The number of hydrogen-bond acceptors (Lipinski definition) is 5. The fraction of sp³-hybridized carbons (Fsp3) is 0.158. The number of aromatic nitrogens is 1. The van der Waals surface area contributed by atoms with Crippen molar-refractivity contribution in [1.82, 2.24) is 9.88 Å². The molecule has 1 aromatic heterocycles. The van der Waals surface area contributed by atoms with Crippen LogP contribution >= 0.6 is 39.9 Å². The van der Waals surface area contributed by atoms with E-state index in [-0.39, 0.29) is 11.8 Å². The van der Waals surface area contributed by atoms with Gasteiger partial charge < -0.3 is 5.32 Å². The third kappa shape index (κ3) is 5.47. The van der Waals surface area contributed by atoms with Crippen molar-refractivity contribution < 1.29 is 9.59 Å². The molecule has 0 saturated carbocycles. The maximum atomic E-state index is 12.6. The first kappa shape index (κ1) is 19.7. The van der Waals surface area contributed by atoms with Gasteiger partial charge in [0.25, 0.3) is 5.91 Å². The molecule has 0 radical (unpaired) electrons. The molecular weight excluding hydrogens is 446 g/mol. The van der Waals surface area contributed by atoms with Crippen molar-refractivity contribution >= 4 is 67.9 Å². The lowest BCUT2D eigenvalue weighted by molar-refractivity contribution is -0.122. The second kappa shape index (κ2) is 9.25. The van der Waals surface area contributed by atoms with E-state index in [4.69, 9.17) is 12.2 Å². The Kier molecular flexibility index (Phi) is 6.76. The molecule has 1 aromatic carbocycles. The number of anilines is 1. The van der Waals surface area contributed by atoms with Crippen molar-refractivity contribution in [2.45, 2.75) is 12.8 Å². The van der Waals surface area contributed by atoms with Gasteiger partial charge in [-0.1, -0.05) is 58.1 Å². The van der Waals surface area contributed by atoms with Crippen LogP contribution in [-0.2, 0) is 9.59 Å². The van der Waals surface area contributed by atoms with E-state index in [1.165, 1.54) is 11.8 Å². The zero-order valence-corrected chi connectivity index (χ0v) is 17.4. The second-order valence-electron chi connectivity index (χ2n) is 5.75. The lowest BCUT2D eigenvalue weighted by Crippen LogP contribution is -2.29. The molecule has 138 valence electrons. The smallest absolute Gasteiger partial charge is 0.266 e. The lowest BCUT2D eigenvalue weighted by atomic mass is 10.2. The molecule has 0 atom stereocenters. The number of nitrogens with one attached hydrogen (secondary N) is 1. The molecule has 1 N–H and O–H groups in total. The largest absolute Gasteiger partial charge is 0.311 e. The molecule has 27 heavy (non-hydrogen) atoms. The zero-order chi connectivity index (χ0) is 19.2. The van der Waals surface area contributed by atoms with Crippen LogP contribution in [-0.4, -0.2) is 32.6 Å². The Labute approximate surface area is 175 Å². The van der Waals surface area contributed by atoms with E-state index in [1.807, 2.05) is 30.3 Å². The van der Waals surface area contributed by atoms with Gasteiger partial charge in [-0.05, 0) is 42.3 Å². The summed E-state index contributed by atoms with van der Waals surface area (Å²) in [5.41, 5.74) is 0.938. The summed E-state index contributed by atoms with van der Waals surface area (Å²) in [4.78, 5) is 30.8. The number of thiocarbonyl (C=S) groups is 1. The van der Waals surface area contributed by atoms with Gasteiger partial charge in [0.2, 0.25) is 5.91 Å². The van der Waals surface area contributed by atoms with Gasteiger partial charge in [-0.2, -0.15) is 0 Å². The van der Waals surface area contributed by atoms with Crippen LogP contribution in [0.5, 0.6) is 0 Å². The molecule has 1 aliphatic heterocycles. The Morgan fingerprint density at radius 1 is 1.26 bits per heavy atom. The normalized spacial score (nSPS) is 15.4. The van der Waals surface area contributed by atoms with E-state index < -0.39 is 0 Å². The topological polar surface area (TPSA) is 62.3 Å². The summed E-state index contributed by atoms with van der Waals surface area (Å²) in [6.07, 6.45) is 4.27. The third-order valence-electron chi connectivity index (χ3n) is 3.76. The van der Waals surface area contributed by atoms with Gasteiger partial charge in [0.05, 0.1) is 4.91 Å². The Morgan fingerprint density at radius 2 is 2.04 bits per heavy atom. The van der Waals surface area contributed by atoms with Gasteiger partial charge in [-0.15, -0.1) is 0 Å². The SMILES string of the molecule is O=C(CCCN1C(=O)C(=Cc2ccc(Br)cc2)SC1=S)Nc1ccccn1. The Hall–Kier alpha value is -2.03. The van der Waals surface area contributed by atoms with E-state index in [9.17, 15) is 9.59 Å². The van der Waals surface area contributed by atoms with Gasteiger partial charge in [0.15, 0.2) is 0 Å². The highest BCUT2D eigenvalue weighted by atomic mass is 79.9. The van der Waals surface area contributed by atoms with Crippen molar-refractivity contribution in [3.05, 3.63) is 63.6 Å². The first-order valence-corrected chi connectivity index (χ1v) is 10.3.